The Labute approximate surface area is 120 Å². The molecular formula is C15H16N2O2S. The Bertz CT molecular complexity index is 642. The molecule has 5 heteroatoms. The Kier molecular flexibility index (Phi) is 4.53. The molecular weight excluding hydrogens is 272 g/mol. The number of nitrogen functional groups attached to an aromatic ring is 1. The zero-order valence-electron chi connectivity index (χ0n) is 11.1. The van der Waals surface area contributed by atoms with Gasteiger partial charge >= 0.3 is 0 Å². The summed E-state index contributed by atoms with van der Waals surface area (Å²) >= 11 is 0. The molecule has 0 aliphatic carbocycles. The lowest BCUT2D eigenvalue weighted by Gasteiger charge is -2.08. The summed E-state index contributed by atoms with van der Waals surface area (Å²) in [5.41, 5.74) is 7.89. The highest BCUT2D eigenvalue weighted by Crippen LogP contribution is 2.19. The maximum Gasteiger partial charge on any atom is 0.237 e. The van der Waals surface area contributed by atoms with Crippen LogP contribution >= 0.6 is 0 Å². The van der Waals surface area contributed by atoms with Gasteiger partial charge in [-0.2, -0.15) is 0 Å². The van der Waals surface area contributed by atoms with E-state index in [1.165, 1.54) is 0 Å². The molecule has 0 aliphatic rings. The van der Waals surface area contributed by atoms with Gasteiger partial charge < -0.3 is 11.1 Å². The molecule has 0 spiro atoms. The van der Waals surface area contributed by atoms with Crippen molar-refractivity contribution in [3.8, 4) is 0 Å². The number of aryl methyl sites for hydroxylation is 1. The van der Waals surface area contributed by atoms with Crippen LogP contribution in [0.15, 0.2) is 53.4 Å². The fourth-order valence-electron chi connectivity index (χ4n) is 1.76. The standard InChI is InChI=1S/C15H16N2O2S/c1-11-7-8-14(13(16)9-11)17-15(18)10-20(19)12-5-3-2-4-6-12/h2-9H,10,16H2,1H3,(H,17,18). The SMILES string of the molecule is Cc1ccc(NC(=O)CS(=O)c2ccccc2)c(N)c1. The summed E-state index contributed by atoms with van der Waals surface area (Å²) in [6.07, 6.45) is 0. The molecule has 20 heavy (non-hydrogen) atoms. The topological polar surface area (TPSA) is 72.2 Å². The van der Waals surface area contributed by atoms with Crippen molar-refractivity contribution in [2.75, 3.05) is 16.8 Å². The average Bonchev–Trinajstić information content (AvgIpc) is 2.43. The van der Waals surface area contributed by atoms with E-state index in [9.17, 15) is 9.00 Å². The number of amides is 1. The Balaban J connectivity index is 2.01. The maximum absolute atomic E-state index is 12.0. The van der Waals surface area contributed by atoms with Crippen LogP contribution in [0.4, 0.5) is 11.4 Å². The van der Waals surface area contributed by atoms with Gasteiger partial charge in [0.15, 0.2) is 0 Å². The van der Waals surface area contributed by atoms with Crippen LogP contribution in [0.1, 0.15) is 5.56 Å². The largest absolute Gasteiger partial charge is 0.397 e. The van der Waals surface area contributed by atoms with E-state index in [1.54, 1.807) is 36.4 Å². The summed E-state index contributed by atoms with van der Waals surface area (Å²) in [5.74, 6) is -0.403. The van der Waals surface area contributed by atoms with Gasteiger partial charge in [0, 0.05) is 4.90 Å². The van der Waals surface area contributed by atoms with E-state index in [0.29, 0.717) is 16.3 Å². The Hall–Kier alpha value is -2.14. The van der Waals surface area contributed by atoms with Crippen LogP contribution in [0.3, 0.4) is 0 Å². The van der Waals surface area contributed by atoms with E-state index >= 15 is 0 Å². The molecule has 0 saturated heterocycles. The number of nitrogens with two attached hydrogens (primary N) is 1. The van der Waals surface area contributed by atoms with Crippen LogP contribution in [0, 0.1) is 6.92 Å². The first-order valence-corrected chi connectivity index (χ1v) is 7.47. The first kappa shape index (κ1) is 14.3. The lowest BCUT2D eigenvalue weighted by molar-refractivity contribution is -0.113. The highest BCUT2D eigenvalue weighted by molar-refractivity contribution is 7.85. The molecule has 1 atom stereocenters. The van der Waals surface area contributed by atoms with E-state index in [4.69, 9.17) is 5.73 Å². The van der Waals surface area contributed by atoms with Crippen molar-refractivity contribution in [1.82, 2.24) is 0 Å². The van der Waals surface area contributed by atoms with Crippen molar-refractivity contribution in [2.24, 2.45) is 0 Å². The quantitative estimate of drug-likeness (QED) is 0.848. The molecule has 0 radical (unpaired) electrons. The van der Waals surface area contributed by atoms with Crippen LogP contribution in [-0.4, -0.2) is 15.9 Å². The number of rotatable bonds is 4. The zero-order chi connectivity index (χ0) is 14.5. The number of hydrogen-bond acceptors (Lipinski definition) is 3. The molecule has 3 N–H and O–H groups in total. The summed E-state index contributed by atoms with van der Waals surface area (Å²) in [4.78, 5) is 12.5. The molecule has 0 aliphatic heterocycles. The third kappa shape index (κ3) is 3.68. The zero-order valence-corrected chi connectivity index (χ0v) is 11.9. The molecule has 0 bridgehead atoms. The van der Waals surface area contributed by atoms with E-state index < -0.39 is 10.8 Å². The second kappa shape index (κ2) is 6.34. The Morgan fingerprint density at radius 3 is 2.55 bits per heavy atom. The second-order valence-corrected chi connectivity index (χ2v) is 5.89. The number of benzene rings is 2. The number of anilines is 2. The third-order valence-electron chi connectivity index (χ3n) is 2.75. The first-order chi connectivity index (χ1) is 9.56. The van der Waals surface area contributed by atoms with Gasteiger partial charge in [0.2, 0.25) is 5.91 Å². The van der Waals surface area contributed by atoms with Crippen molar-refractivity contribution in [3.05, 3.63) is 54.1 Å². The van der Waals surface area contributed by atoms with Gasteiger partial charge in [-0.1, -0.05) is 24.3 Å². The molecule has 2 rings (SSSR count). The molecule has 104 valence electrons. The van der Waals surface area contributed by atoms with Crippen LogP contribution in [-0.2, 0) is 15.6 Å². The molecule has 4 nitrogen and oxygen atoms in total. The summed E-state index contributed by atoms with van der Waals surface area (Å²) in [6, 6.07) is 14.3. The van der Waals surface area contributed by atoms with Crippen molar-refractivity contribution >= 4 is 28.1 Å². The first-order valence-electron chi connectivity index (χ1n) is 6.15. The minimum absolute atomic E-state index is 0.0860. The summed E-state index contributed by atoms with van der Waals surface area (Å²) < 4.78 is 12.0. The van der Waals surface area contributed by atoms with Gasteiger partial charge in [0.05, 0.1) is 22.2 Å². The smallest absolute Gasteiger partial charge is 0.237 e. The summed E-state index contributed by atoms with van der Waals surface area (Å²) in [5, 5.41) is 2.68. The monoisotopic (exact) mass is 288 g/mol. The number of carbonyl (C=O) groups excluding carboxylic acids is 1. The molecule has 0 heterocycles. The van der Waals surface area contributed by atoms with E-state index in [2.05, 4.69) is 5.32 Å². The highest BCUT2D eigenvalue weighted by Gasteiger charge is 2.11. The van der Waals surface area contributed by atoms with Gasteiger partial charge in [-0.25, -0.2) is 0 Å². The number of nitrogens with one attached hydrogen (secondary N) is 1. The Morgan fingerprint density at radius 2 is 1.90 bits per heavy atom. The van der Waals surface area contributed by atoms with Gasteiger partial charge in [-0.3, -0.25) is 9.00 Å². The van der Waals surface area contributed by atoms with Crippen LogP contribution in [0.5, 0.6) is 0 Å². The fourth-order valence-corrected chi connectivity index (χ4v) is 2.69. The lowest BCUT2D eigenvalue weighted by Crippen LogP contribution is -2.20. The predicted octanol–water partition coefficient (Wildman–Crippen LogP) is 2.32. The van der Waals surface area contributed by atoms with E-state index in [-0.39, 0.29) is 11.7 Å². The molecule has 0 saturated carbocycles. The third-order valence-corrected chi connectivity index (χ3v) is 4.07. The average molecular weight is 288 g/mol. The van der Waals surface area contributed by atoms with Crippen molar-refractivity contribution in [1.29, 1.82) is 0 Å². The molecule has 2 aromatic carbocycles. The molecule has 2 aromatic rings. The van der Waals surface area contributed by atoms with Crippen molar-refractivity contribution in [2.45, 2.75) is 11.8 Å². The van der Waals surface area contributed by atoms with Crippen molar-refractivity contribution in [3.63, 3.8) is 0 Å². The molecule has 0 aromatic heterocycles. The second-order valence-electron chi connectivity index (χ2n) is 4.44. The minimum Gasteiger partial charge on any atom is -0.397 e. The minimum atomic E-state index is -1.35. The van der Waals surface area contributed by atoms with E-state index in [1.807, 2.05) is 19.1 Å². The maximum atomic E-state index is 12.0. The Morgan fingerprint density at radius 1 is 1.20 bits per heavy atom. The fraction of sp³-hybridized carbons (Fsp3) is 0.133. The molecule has 0 fully saturated rings. The number of carbonyl (C=O) groups is 1. The lowest BCUT2D eigenvalue weighted by atomic mass is 10.2. The summed E-state index contributed by atoms with van der Waals surface area (Å²) in [6.45, 7) is 1.92. The van der Waals surface area contributed by atoms with Crippen LogP contribution < -0.4 is 11.1 Å². The summed E-state index contributed by atoms with van der Waals surface area (Å²) in [7, 11) is -1.35. The van der Waals surface area contributed by atoms with Crippen molar-refractivity contribution < 1.29 is 9.00 Å². The van der Waals surface area contributed by atoms with Crippen LogP contribution in [0.25, 0.3) is 0 Å². The van der Waals surface area contributed by atoms with Gasteiger partial charge in [0.25, 0.3) is 0 Å². The normalized spacial score (nSPS) is 11.8. The van der Waals surface area contributed by atoms with Gasteiger partial charge in [0.1, 0.15) is 5.75 Å². The van der Waals surface area contributed by atoms with E-state index in [0.717, 1.165) is 5.56 Å². The number of hydrogen-bond donors (Lipinski definition) is 2. The molecule has 1 amide bonds. The van der Waals surface area contributed by atoms with Gasteiger partial charge in [-0.05, 0) is 36.8 Å². The predicted molar refractivity (Wildman–Crippen MR) is 81.9 cm³/mol. The highest BCUT2D eigenvalue weighted by atomic mass is 32.2. The van der Waals surface area contributed by atoms with Gasteiger partial charge in [-0.15, -0.1) is 0 Å². The van der Waals surface area contributed by atoms with Crippen LogP contribution in [0.2, 0.25) is 0 Å². The molecule has 1 unspecified atom stereocenters.